The van der Waals surface area contributed by atoms with Crippen molar-refractivity contribution in [3.8, 4) is 5.75 Å². The molecule has 1 aromatic rings. The highest BCUT2D eigenvalue weighted by molar-refractivity contribution is 5.38. The van der Waals surface area contributed by atoms with Crippen LogP contribution in [0, 0.1) is 5.92 Å². The first kappa shape index (κ1) is 13.0. The molecule has 2 aliphatic carbocycles. The van der Waals surface area contributed by atoms with Crippen LogP contribution in [0.5, 0.6) is 5.75 Å². The summed E-state index contributed by atoms with van der Waals surface area (Å²) in [6, 6.07) is 6.29. The molecule has 0 saturated heterocycles. The van der Waals surface area contributed by atoms with E-state index in [4.69, 9.17) is 4.74 Å². The molecule has 1 atom stereocenters. The van der Waals surface area contributed by atoms with Gasteiger partial charge in [0.1, 0.15) is 5.75 Å². The zero-order chi connectivity index (χ0) is 13.3. The van der Waals surface area contributed by atoms with Crippen LogP contribution in [0.1, 0.15) is 49.7 Å². The highest BCUT2D eigenvalue weighted by Crippen LogP contribution is 2.39. The van der Waals surface area contributed by atoms with Gasteiger partial charge >= 0.3 is 0 Å². The van der Waals surface area contributed by atoms with E-state index in [2.05, 4.69) is 12.1 Å². The van der Waals surface area contributed by atoms with E-state index in [1.165, 1.54) is 36.8 Å². The van der Waals surface area contributed by atoms with Crippen LogP contribution in [0.2, 0.25) is 0 Å². The predicted molar refractivity (Wildman–Crippen MR) is 76.5 cm³/mol. The van der Waals surface area contributed by atoms with Crippen molar-refractivity contribution in [1.82, 2.24) is 0 Å². The van der Waals surface area contributed by atoms with E-state index in [9.17, 15) is 5.11 Å². The van der Waals surface area contributed by atoms with Crippen molar-refractivity contribution in [2.24, 2.45) is 5.92 Å². The second kappa shape index (κ2) is 5.16. The van der Waals surface area contributed by atoms with Crippen LogP contribution in [-0.4, -0.2) is 17.8 Å². The lowest BCUT2D eigenvalue weighted by molar-refractivity contribution is 0.00325. The van der Waals surface area contributed by atoms with Gasteiger partial charge in [-0.05, 0) is 48.4 Å². The summed E-state index contributed by atoms with van der Waals surface area (Å²) >= 11 is 0. The maximum absolute atomic E-state index is 10.9. The zero-order valence-corrected chi connectivity index (χ0v) is 11.8. The van der Waals surface area contributed by atoms with Gasteiger partial charge in [-0.3, -0.25) is 0 Å². The molecule has 1 N–H and O–H groups in total. The summed E-state index contributed by atoms with van der Waals surface area (Å²) in [5, 5.41) is 10.9. The van der Waals surface area contributed by atoms with E-state index < -0.39 is 5.60 Å². The monoisotopic (exact) mass is 260 g/mol. The van der Waals surface area contributed by atoms with Crippen molar-refractivity contribution in [2.45, 2.75) is 57.0 Å². The second-order valence-electron chi connectivity index (χ2n) is 6.39. The van der Waals surface area contributed by atoms with E-state index >= 15 is 0 Å². The minimum atomic E-state index is -0.478. The molecule has 0 heterocycles. The van der Waals surface area contributed by atoms with Crippen molar-refractivity contribution in [2.75, 3.05) is 7.11 Å². The van der Waals surface area contributed by atoms with Crippen molar-refractivity contribution in [3.63, 3.8) is 0 Å². The predicted octanol–water partition coefficient (Wildman–Crippen LogP) is 3.50. The SMILES string of the molecule is COc1ccc2c(c1)CC(O)(CC1CCCC1)CC2. The summed E-state index contributed by atoms with van der Waals surface area (Å²) in [7, 11) is 1.70. The molecule has 0 aromatic heterocycles. The molecule has 0 radical (unpaired) electrons. The Labute approximate surface area is 115 Å². The molecule has 104 valence electrons. The summed E-state index contributed by atoms with van der Waals surface area (Å²) in [6.45, 7) is 0. The fraction of sp³-hybridized carbons (Fsp3) is 0.647. The first-order chi connectivity index (χ1) is 9.18. The number of fused-ring (bicyclic) bond motifs is 1. The molecule has 0 bridgehead atoms. The zero-order valence-electron chi connectivity index (χ0n) is 11.8. The fourth-order valence-electron chi connectivity index (χ4n) is 3.87. The molecule has 3 rings (SSSR count). The molecular formula is C17H24O2. The average Bonchev–Trinajstić information content (AvgIpc) is 2.90. The number of rotatable bonds is 3. The Morgan fingerprint density at radius 2 is 2.05 bits per heavy atom. The highest BCUT2D eigenvalue weighted by atomic mass is 16.5. The summed E-state index contributed by atoms with van der Waals surface area (Å²) in [6.07, 6.45) is 9.04. The van der Waals surface area contributed by atoms with E-state index in [1.807, 2.05) is 6.07 Å². The van der Waals surface area contributed by atoms with Crippen molar-refractivity contribution < 1.29 is 9.84 Å². The van der Waals surface area contributed by atoms with Crippen LogP contribution in [-0.2, 0) is 12.8 Å². The van der Waals surface area contributed by atoms with E-state index in [1.54, 1.807) is 7.11 Å². The summed E-state index contributed by atoms with van der Waals surface area (Å²) in [5.74, 6) is 1.65. The molecule has 2 heteroatoms. The maximum Gasteiger partial charge on any atom is 0.119 e. The van der Waals surface area contributed by atoms with Crippen LogP contribution >= 0.6 is 0 Å². The smallest absolute Gasteiger partial charge is 0.119 e. The van der Waals surface area contributed by atoms with E-state index in [0.29, 0.717) is 0 Å². The number of aliphatic hydroxyl groups is 1. The number of hydrogen-bond donors (Lipinski definition) is 1. The lowest BCUT2D eigenvalue weighted by Crippen LogP contribution is -2.37. The van der Waals surface area contributed by atoms with Crippen LogP contribution in [0.3, 0.4) is 0 Å². The number of benzene rings is 1. The van der Waals surface area contributed by atoms with Gasteiger partial charge in [0, 0.05) is 6.42 Å². The highest BCUT2D eigenvalue weighted by Gasteiger charge is 2.35. The normalized spacial score (nSPS) is 27.3. The van der Waals surface area contributed by atoms with Gasteiger partial charge in [-0.15, -0.1) is 0 Å². The molecule has 0 aliphatic heterocycles. The number of methoxy groups -OCH3 is 1. The Hall–Kier alpha value is -1.02. The molecule has 1 unspecified atom stereocenters. The van der Waals surface area contributed by atoms with Crippen LogP contribution < -0.4 is 4.74 Å². The van der Waals surface area contributed by atoms with Gasteiger partial charge in [-0.2, -0.15) is 0 Å². The Morgan fingerprint density at radius 1 is 1.26 bits per heavy atom. The molecule has 1 aromatic carbocycles. The van der Waals surface area contributed by atoms with Crippen LogP contribution in [0.15, 0.2) is 18.2 Å². The molecule has 0 amide bonds. The van der Waals surface area contributed by atoms with E-state index in [-0.39, 0.29) is 0 Å². The summed E-state index contributed by atoms with van der Waals surface area (Å²) in [5.41, 5.74) is 2.19. The fourth-order valence-corrected chi connectivity index (χ4v) is 3.87. The number of aryl methyl sites for hydroxylation is 1. The summed E-state index contributed by atoms with van der Waals surface area (Å²) < 4.78 is 5.30. The Kier molecular flexibility index (Phi) is 3.53. The second-order valence-corrected chi connectivity index (χ2v) is 6.39. The lowest BCUT2D eigenvalue weighted by Gasteiger charge is -2.35. The van der Waals surface area contributed by atoms with E-state index in [0.717, 1.165) is 37.4 Å². The molecule has 2 aliphatic rings. The first-order valence-corrected chi connectivity index (χ1v) is 7.57. The number of hydrogen-bond acceptors (Lipinski definition) is 2. The Balaban J connectivity index is 1.75. The summed E-state index contributed by atoms with van der Waals surface area (Å²) in [4.78, 5) is 0. The largest absolute Gasteiger partial charge is 0.497 e. The quantitative estimate of drug-likeness (QED) is 0.901. The topological polar surface area (TPSA) is 29.5 Å². The first-order valence-electron chi connectivity index (χ1n) is 7.57. The van der Waals surface area contributed by atoms with Gasteiger partial charge in [0.2, 0.25) is 0 Å². The van der Waals surface area contributed by atoms with Gasteiger partial charge in [0.05, 0.1) is 12.7 Å². The third-order valence-electron chi connectivity index (χ3n) is 4.94. The third kappa shape index (κ3) is 2.79. The minimum absolute atomic E-state index is 0.478. The molecule has 1 fully saturated rings. The molecule has 19 heavy (non-hydrogen) atoms. The van der Waals surface area contributed by atoms with Crippen LogP contribution in [0.4, 0.5) is 0 Å². The van der Waals surface area contributed by atoms with Gasteiger partial charge in [0.25, 0.3) is 0 Å². The van der Waals surface area contributed by atoms with Gasteiger partial charge in [-0.25, -0.2) is 0 Å². The lowest BCUT2D eigenvalue weighted by atomic mass is 9.75. The van der Waals surface area contributed by atoms with Gasteiger partial charge in [-0.1, -0.05) is 31.7 Å². The number of ether oxygens (including phenoxy) is 1. The van der Waals surface area contributed by atoms with Crippen molar-refractivity contribution in [1.29, 1.82) is 0 Å². The van der Waals surface area contributed by atoms with Crippen molar-refractivity contribution in [3.05, 3.63) is 29.3 Å². The van der Waals surface area contributed by atoms with Gasteiger partial charge < -0.3 is 9.84 Å². The van der Waals surface area contributed by atoms with Crippen molar-refractivity contribution >= 4 is 0 Å². The van der Waals surface area contributed by atoms with Gasteiger partial charge in [0.15, 0.2) is 0 Å². The Bertz CT molecular complexity index is 449. The average molecular weight is 260 g/mol. The van der Waals surface area contributed by atoms with Crippen LogP contribution in [0.25, 0.3) is 0 Å². The third-order valence-corrected chi connectivity index (χ3v) is 4.94. The molecule has 1 saturated carbocycles. The molecule has 2 nitrogen and oxygen atoms in total. The Morgan fingerprint density at radius 3 is 2.79 bits per heavy atom. The standard InChI is InChI=1S/C17H24O2/c1-19-16-7-6-14-8-9-17(18,12-15(14)10-16)11-13-4-2-3-5-13/h6-7,10,13,18H,2-5,8-9,11-12H2,1H3. The molecule has 0 spiro atoms. The maximum atomic E-state index is 10.9. The minimum Gasteiger partial charge on any atom is -0.497 e. The molecular weight excluding hydrogens is 236 g/mol.